The summed E-state index contributed by atoms with van der Waals surface area (Å²) < 4.78 is 46.4. The van der Waals surface area contributed by atoms with Gasteiger partial charge in [0.2, 0.25) is 0 Å². The van der Waals surface area contributed by atoms with Crippen LogP contribution in [0.25, 0.3) is 5.57 Å². The molecule has 0 bridgehead atoms. The molecule has 0 aliphatic rings. The quantitative estimate of drug-likeness (QED) is 0.161. The third kappa shape index (κ3) is 11.8. The van der Waals surface area contributed by atoms with Crippen molar-refractivity contribution in [3.8, 4) is 0 Å². The van der Waals surface area contributed by atoms with Gasteiger partial charge in [-0.2, -0.15) is 13.2 Å². The highest BCUT2D eigenvalue weighted by atomic mass is 19.4. The van der Waals surface area contributed by atoms with Gasteiger partial charge >= 0.3 is 12.3 Å². The molecule has 4 nitrogen and oxygen atoms in total. The van der Waals surface area contributed by atoms with Crippen molar-refractivity contribution in [2.75, 3.05) is 13.6 Å². The molecule has 250 valence electrons. The molecule has 0 aliphatic carbocycles. The van der Waals surface area contributed by atoms with Crippen LogP contribution in [0, 0.1) is 18.8 Å². The monoisotopic (exact) mass is 628 g/mol. The van der Waals surface area contributed by atoms with Crippen molar-refractivity contribution >= 4 is 17.4 Å². The lowest BCUT2D eigenvalue weighted by Gasteiger charge is -2.33. The van der Waals surface area contributed by atoms with Crippen LogP contribution >= 0.6 is 0 Å². The molecular weight excluding hydrogens is 573 g/mol. The number of halogens is 3. The van der Waals surface area contributed by atoms with Gasteiger partial charge in [-0.05, 0) is 119 Å². The number of carbonyl (C=O) groups excluding carboxylic acids is 1. The van der Waals surface area contributed by atoms with E-state index in [0.29, 0.717) is 36.1 Å². The van der Waals surface area contributed by atoms with Gasteiger partial charge in [-0.25, -0.2) is 4.79 Å². The Bertz CT molecular complexity index is 1350. The smallest absolute Gasteiger partial charge is 0.416 e. The number of aliphatic imine (C=N–C) groups is 1. The first-order chi connectivity index (χ1) is 20.5. The molecule has 0 saturated carbocycles. The van der Waals surface area contributed by atoms with Gasteiger partial charge in [-0.3, -0.25) is 4.99 Å². The van der Waals surface area contributed by atoms with Gasteiger partial charge in [0.05, 0.1) is 5.56 Å². The highest BCUT2D eigenvalue weighted by molar-refractivity contribution is 6.05. The predicted molar refractivity (Wildman–Crippen MR) is 185 cm³/mol. The molecule has 1 rings (SSSR count). The fraction of sp³-hybridized carbons (Fsp3) is 0.526. The van der Waals surface area contributed by atoms with Crippen LogP contribution < -0.4 is 0 Å². The van der Waals surface area contributed by atoms with Gasteiger partial charge in [0.15, 0.2) is 0 Å². The molecule has 0 saturated heterocycles. The summed E-state index contributed by atoms with van der Waals surface area (Å²) in [5, 5.41) is 0. The van der Waals surface area contributed by atoms with Crippen molar-refractivity contribution in [1.29, 1.82) is 0 Å². The van der Waals surface area contributed by atoms with Crippen LogP contribution in [0.1, 0.15) is 98.8 Å². The van der Waals surface area contributed by atoms with Gasteiger partial charge in [0.25, 0.3) is 0 Å². The molecule has 7 heteroatoms. The predicted octanol–water partition coefficient (Wildman–Crippen LogP) is 11.2. The number of carbonyl (C=O) groups is 1. The van der Waals surface area contributed by atoms with E-state index in [4.69, 9.17) is 4.74 Å². The second kappa shape index (κ2) is 16.3. The summed E-state index contributed by atoms with van der Waals surface area (Å²) >= 11 is 0. The van der Waals surface area contributed by atoms with Crippen LogP contribution in [0.5, 0.6) is 0 Å². The maximum absolute atomic E-state index is 13.6. The van der Waals surface area contributed by atoms with Gasteiger partial charge < -0.3 is 9.64 Å². The van der Waals surface area contributed by atoms with E-state index < -0.39 is 17.3 Å². The lowest BCUT2D eigenvalue weighted by molar-refractivity contribution is -0.137. The average Bonchev–Trinajstić information content (AvgIpc) is 2.89. The van der Waals surface area contributed by atoms with Gasteiger partial charge in [0.1, 0.15) is 5.60 Å². The molecule has 0 spiro atoms. The summed E-state index contributed by atoms with van der Waals surface area (Å²) in [6.07, 6.45) is -1.70. The SMILES string of the molecule is C=C(C)/C(C(=C)CC[C@@H](C)N(CC(C)C)C(=O)OC(C)(C)C)=C(C(=C\C(=C)c1cc(C(F)(F)F)ccc1C)/C(C)C)\C(C)=N/C. The number of allylic oxidation sites excluding steroid dienone is 7. The van der Waals surface area contributed by atoms with Gasteiger partial charge in [-0.15, -0.1) is 0 Å². The van der Waals surface area contributed by atoms with Gasteiger partial charge in [-0.1, -0.05) is 65.1 Å². The van der Waals surface area contributed by atoms with Crippen molar-refractivity contribution in [2.45, 2.75) is 107 Å². The molecule has 0 radical (unpaired) electrons. The maximum Gasteiger partial charge on any atom is 0.416 e. The van der Waals surface area contributed by atoms with E-state index in [9.17, 15) is 18.0 Å². The molecule has 1 amide bonds. The second-order valence-corrected chi connectivity index (χ2v) is 13.7. The zero-order valence-corrected chi connectivity index (χ0v) is 29.6. The third-order valence-corrected chi connectivity index (χ3v) is 7.46. The highest BCUT2D eigenvalue weighted by Gasteiger charge is 2.31. The van der Waals surface area contributed by atoms with E-state index in [0.717, 1.165) is 45.7 Å². The van der Waals surface area contributed by atoms with Crippen molar-refractivity contribution < 1.29 is 22.7 Å². The summed E-state index contributed by atoms with van der Waals surface area (Å²) in [6.45, 7) is 34.9. The summed E-state index contributed by atoms with van der Waals surface area (Å²) in [6, 6.07) is 3.61. The first-order valence-corrected chi connectivity index (χ1v) is 15.6. The zero-order chi connectivity index (χ0) is 35.0. The Hall–Kier alpha value is -3.35. The van der Waals surface area contributed by atoms with Crippen molar-refractivity contribution in [3.05, 3.63) is 88.6 Å². The van der Waals surface area contributed by atoms with Crippen molar-refractivity contribution in [3.63, 3.8) is 0 Å². The lowest BCUT2D eigenvalue weighted by atomic mass is 9.81. The fourth-order valence-corrected chi connectivity index (χ4v) is 5.09. The normalized spacial score (nSPS) is 14.3. The zero-order valence-electron chi connectivity index (χ0n) is 29.6. The minimum atomic E-state index is -4.46. The summed E-state index contributed by atoms with van der Waals surface area (Å²) in [7, 11) is 1.71. The number of hydrogen-bond acceptors (Lipinski definition) is 3. The topological polar surface area (TPSA) is 41.9 Å². The average molecular weight is 629 g/mol. The van der Waals surface area contributed by atoms with E-state index in [-0.39, 0.29) is 24.0 Å². The number of aryl methyl sites for hydroxylation is 1. The molecule has 1 aromatic carbocycles. The standard InChI is InChI=1S/C38H55F3N2O2/c1-23(2)22-43(36(44)45-37(12,13)14)29(10)18-16-27(8)34(25(5)6)35(30(11)42-15)32(24(3)4)20-28(9)33-21-31(38(39,40)41)19-17-26(33)7/h17,19-21,23-24,29H,5,8-9,16,18,22H2,1-4,6-7,10-15H3/b32-20-,35-34-,42-30-/t29-/m1/s1. The van der Waals surface area contributed by atoms with Crippen LogP contribution in [0.15, 0.2) is 76.9 Å². The molecule has 1 aromatic rings. The highest BCUT2D eigenvalue weighted by Crippen LogP contribution is 2.37. The Morgan fingerprint density at radius 3 is 2.04 bits per heavy atom. The molecule has 0 unspecified atom stereocenters. The molecule has 0 aliphatic heterocycles. The van der Waals surface area contributed by atoms with Crippen LogP contribution in [0.3, 0.4) is 0 Å². The maximum atomic E-state index is 13.6. The Kier molecular flexibility index (Phi) is 14.4. The Balaban J connectivity index is 3.67. The molecule has 0 fully saturated rings. The summed E-state index contributed by atoms with van der Waals surface area (Å²) in [5.41, 5.74) is 5.26. The van der Waals surface area contributed by atoms with Crippen molar-refractivity contribution in [2.24, 2.45) is 16.8 Å². The minimum absolute atomic E-state index is 0.0191. The Labute approximate surface area is 270 Å². The molecule has 45 heavy (non-hydrogen) atoms. The Morgan fingerprint density at radius 2 is 1.60 bits per heavy atom. The fourth-order valence-electron chi connectivity index (χ4n) is 5.09. The Morgan fingerprint density at radius 1 is 1.02 bits per heavy atom. The summed E-state index contributed by atoms with van der Waals surface area (Å²) in [5.74, 6) is 0.241. The van der Waals surface area contributed by atoms with E-state index in [1.165, 1.54) is 6.07 Å². The first kappa shape index (κ1) is 39.7. The molecule has 0 aromatic heterocycles. The van der Waals surface area contributed by atoms with Crippen LogP contribution in [-0.4, -0.2) is 41.9 Å². The number of benzene rings is 1. The molecule has 1 atom stereocenters. The number of rotatable bonds is 13. The molecular formula is C38H55F3N2O2. The van der Waals surface area contributed by atoms with E-state index in [2.05, 4.69) is 38.6 Å². The summed E-state index contributed by atoms with van der Waals surface area (Å²) in [4.78, 5) is 19.4. The van der Waals surface area contributed by atoms with E-state index in [1.807, 2.05) is 61.5 Å². The first-order valence-electron chi connectivity index (χ1n) is 15.6. The number of nitrogens with zero attached hydrogens (tertiary/aromatic N) is 2. The van der Waals surface area contributed by atoms with Crippen LogP contribution in [0.4, 0.5) is 18.0 Å². The number of alkyl halides is 3. The minimum Gasteiger partial charge on any atom is -0.444 e. The van der Waals surface area contributed by atoms with Gasteiger partial charge in [0, 0.05) is 30.9 Å². The number of hydrogen-bond donors (Lipinski definition) is 0. The lowest BCUT2D eigenvalue weighted by Crippen LogP contribution is -2.44. The van der Waals surface area contributed by atoms with E-state index in [1.54, 1.807) is 18.9 Å². The third-order valence-electron chi connectivity index (χ3n) is 7.46. The number of ether oxygens (including phenoxy) is 1. The largest absolute Gasteiger partial charge is 0.444 e. The van der Waals surface area contributed by atoms with Crippen LogP contribution in [-0.2, 0) is 10.9 Å². The number of amides is 1. The van der Waals surface area contributed by atoms with Crippen LogP contribution in [0.2, 0.25) is 0 Å². The second-order valence-electron chi connectivity index (χ2n) is 13.7. The van der Waals surface area contributed by atoms with E-state index >= 15 is 0 Å². The molecule has 0 heterocycles. The molecule has 0 N–H and O–H groups in total. The van der Waals surface area contributed by atoms with Crippen molar-refractivity contribution in [1.82, 2.24) is 4.90 Å².